The normalized spacial score (nSPS) is 16.3. The summed E-state index contributed by atoms with van der Waals surface area (Å²) < 4.78 is 0. The minimum absolute atomic E-state index is 0.0709. The average molecular weight is 258 g/mol. The predicted molar refractivity (Wildman–Crippen MR) is 74.4 cm³/mol. The van der Waals surface area contributed by atoms with E-state index in [1.807, 2.05) is 6.92 Å². The second-order valence-electron chi connectivity index (χ2n) is 5.24. The van der Waals surface area contributed by atoms with Gasteiger partial charge < -0.3 is 10.2 Å². The zero-order chi connectivity index (χ0) is 14.0. The van der Waals surface area contributed by atoms with Crippen molar-refractivity contribution < 1.29 is 15.0 Å². The largest absolute Gasteiger partial charge is 0.396 e. The molecular weight excluding hydrogens is 228 g/mol. The summed E-state index contributed by atoms with van der Waals surface area (Å²) in [5.41, 5.74) is 0. The molecule has 0 aromatic carbocycles. The van der Waals surface area contributed by atoms with Crippen LogP contribution >= 0.6 is 0 Å². The molecule has 0 spiro atoms. The Morgan fingerprint density at radius 1 is 1.11 bits per heavy atom. The van der Waals surface area contributed by atoms with Crippen LogP contribution in [0.5, 0.6) is 0 Å². The number of aliphatic hydroxyl groups is 2. The standard InChI is InChI=1S/C15H30O3/c1-4-6-7-8-9-10-15(18)14(11-16)13(5-2)12(3)17/h13-16,18H,4-11H2,1-3H3. The lowest BCUT2D eigenvalue weighted by atomic mass is 9.82. The topological polar surface area (TPSA) is 57.5 Å². The molecule has 18 heavy (non-hydrogen) atoms. The Balaban J connectivity index is 4.09. The van der Waals surface area contributed by atoms with E-state index in [0.717, 1.165) is 12.8 Å². The summed E-state index contributed by atoms with van der Waals surface area (Å²) in [6.45, 7) is 5.55. The van der Waals surface area contributed by atoms with Crippen LogP contribution in [-0.2, 0) is 4.79 Å². The Morgan fingerprint density at radius 2 is 1.72 bits per heavy atom. The van der Waals surface area contributed by atoms with Gasteiger partial charge in [0.1, 0.15) is 5.78 Å². The van der Waals surface area contributed by atoms with Gasteiger partial charge in [0.25, 0.3) is 0 Å². The van der Waals surface area contributed by atoms with Gasteiger partial charge in [-0.1, -0.05) is 46.0 Å². The molecule has 0 fully saturated rings. The molecule has 3 nitrogen and oxygen atoms in total. The molecule has 2 N–H and O–H groups in total. The monoisotopic (exact) mass is 258 g/mol. The minimum atomic E-state index is -0.550. The third kappa shape index (κ3) is 6.50. The predicted octanol–water partition coefficient (Wildman–Crippen LogP) is 2.93. The molecule has 0 aromatic rings. The number of rotatable bonds is 11. The Hall–Kier alpha value is -0.410. The lowest BCUT2D eigenvalue weighted by Crippen LogP contribution is -2.34. The van der Waals surface area contributed by atoms with Crippen molar-refractivity contribution in [3.05, 3.63) is 0 Å². The number of Topliss-reactive ketones (excluding diaryl/α,β-unsaturated/α-hetero) is 1. The first kappa shape index (κ1) is 17.6. The fourth-order valence-corrected chi connectivity index (χ4v) is 2.58. The van der Waals surface area contributed by atoms with Crippen LogP contribution in [0.3, 0.4) is 0 Å². The van der Waals surface area contributed by atoms with Crippen molar-refractivity contribution in [2.24, 2.45) is 11.8 Å². The molecule has 0 aliphatic rings. The second-order valence-corrected chi connectivity index (χ2v) is 5.24. The molecule has 0 bridgehead atoms. The molecular formula is C15H30O3. The molecule has 0 aliphatic heterocycles. The number of aliphatic hydroxyl groups excluding tert-OH is 2. The molecule has 0 radical (unpaired) electrons. The van der Waals surface area contributed by atoms with E-state index in [0.29, 0.717) is 12.8 Å². The highest BCUT2D eigenvalue weighted by atomic mass is 16.3. The molecule has 3 unspecified atom stereocenters. The smallest absolute Gasteiger partial charge is 0.133 e. The highest BCUT2D eigenvalue weighted by Gasteiger charge is 2.29. The van der Waals surface area contributed by atoms with Crippen molar-refractivity contribution in [2.75, 3.05) is 6.61 Å². The van der Waals surface area contributed by atoms with Gasteiger partial charge >= 0.3 is 0 Å². The maximum Gasteiger partial charge on any atom is 0.133 e. The first-order chi connectivity index (χ1) is 8.58. The van der Waals surface area contributed by atoms with Crippen LogP contribution in [0.4, 0.5) is 0 Å². The molecule has 108 valence electrons. The number of ketones is 1. The molecule has 0 heterocycles. The van der Waals surface area contributed by atoms with Crippen LogP contribution < -0.4 is 0 Å². The van der Waals surface area contributed by atoms with E-state index in [4.69, 9.17) is 0 Å². The number of hydrogen-bond acceptors (Lipinski definition) is 3. The number of hydrogen-bond donors (Lipinski definition) is 2. The third-order valence-electron chi connectivity index (χ3n) is 3.79. The van der Waals surface area contributed by atoms with E-state index in [-0.39, 0.29) is 24.2 Å². The van der Waals surface area contributed by atoms with E-state index in [1.54, 1.807) is 6.92 Å². The molecule has 0 amide bonds. The first-order valence-corrected chi connectivity index (χ1v) is 7.37. The van der Waals surface area contributed by atoms with Crippen LogP contribution in [0.15, 0.2) is 0 Å². The van der Waals surface area contributed by atoms with Crippen molar-refractivity contribution in [3.8, 4) is 0 Å². The first-order valence-electron chi connectivity index (χ1n) is 7.37. The van der Waals surface area contributed by atoms with Gasteiger partial charge in [0.15, 0.2) is 0 Å². The molecule has 0 rings (SSSR count). The molecule has 0 aromatic heterocycles. The van der Waals surface area contributed by atoms with E-state index >= 15 is 0 Å². The molecule has 3 atom stereocenters. The van der Waals surface area contributed by atoms with E-state index in [9.17, 15) is 15.0 Å². The summed E-state index contributed by atoms with van der Waals surface area (Å²) in [6.07, 6.45) is 6.59. The Kier molecular flexibility index (Phi) is 10.3. The maximum atomic E-state index is 11.5. The number of carbonyl (C=O) groups is 1. The third-order valence-corrected chi connectivity index (χ3v) is 3.79. The summed E-state index contributed by atoms with van der Waals surface area (Å²) in [5.74, 6) is -0.430. The van der Waals surface area contributed by atoms with E-state index in [2.05, 4.69) is 6.92 Å². The summed E-state index contributed by atoms with van der Waals surface area (Å²) in [7, 11) is 0. The lowest BCUT2D eigenvalue weighted by molar-refractivity contribution is -0.125. The van der Waals surface area contributed by atoms with Gasteiger partial charge in [0, 0.05) is 18.4 Å². The summed E-state index contributed by atoms with van der Waals surface area (Å²) >= 11 is 0. The quantitative estimate of drug-likeness (QED) is 0.560. The van der Waals surface area contributed by atoms with Crippen molar-refractivity contribution >= 4 is 5.78 Å². The summed E-state index contributed by atoms with van der Waals surface area (Å²) in [4.78, 5) is 11.5. The van der Waals surface area contributed by atoms with Crippen molar-refractivity contribution in [1.82, 2.24) is 0 Å². The summed E-state index contributed by atoms with van der Waals surface area (Å²) in [6, 6.07) is 0. The lowest BCUT2D eigenvalue weighted by Gasteiger charge is -2.27. The van der Waals surface area contributed by atoms with Crippen LogP contribution in [0.25, 0.3) is 0 Å². The fourth-order valence-electron chi connectivity index (χ4n) is 2.58. The van der Waals surface area contributed by atoms with Gasteiger partial charge in [-0.05, 0) is 19.8 Å². The fraction of sp³-hybridized carbons (Fsp3) is 0.933. The Bertz CT molecular complexity index is 216. The average Bonchev–Trinajstić information content (AvgIpc) is 2.34. The van der Waals surface area contributed by atoms with Gasteiger partial charge in [-0.25, -0.2) is 0 Å². The van der Waals surface area contributed by atoms with Crippen molar-refractivity contribution in [1.29, 1.82) is 0 Å². The summed E-state index contributed by atoms with van der Waals surface area (Å²) in [5, 5.41) is 19.5. The van der Waals surface area contributed by atoms with Crippen LogP contribution in [-0.4, -0.2) is 28.7 Å². The van der Waals surface area contributed by atoms with Gasteiger partial charge in [-0.3, -0.25) is 4.79 Å². The number of carbonyl (C=O) groups excluding carboxylic acids is 1. The minimum Gasteiger partial charge on any atom is -0.396 e. The van der Waals surface area contributed by atoms with Gasteiger partial charge in [-0.2, -0.15) is 0 Å². The number of unbranched alkanes of at least 4 members (excludes halogenated alkanes) is 4. The molecule has 0 saturated carbocycles. The van der Waals surface area contributed by atoms with Crippen LogP contribution in [0, 0.1) is 11.8 Å². The van der Waals surface area contributed by atoms with Crippen molar-refractivity contribution in [2.45, 2.75) is 71.8 Å². The van der Waals surface area contributed by atoms with Crippen LogP contribution in [0.1, 0.15) is 65.7 Å². The second kappa shape index (κ2) is 10.5. The van der Waals surface area contributed by atoms with Gasteiger partial charge in [-0.15, -0.1) is 0 Å². The van der Waals surface area contributed by atoms with E-state index in [1.165, 1.54) is 19.3 Å². The SMILES string of the molecule is CCCCCCCC(O)C(CO)C(CC)C(C)=O. The zero-order valence-electron chi connectivity index (χ0n) is 12.2. The molecule has 0 aliphatic carbocycles. The highest BCUT2D eigenvalue weighted by molar-refractivity contribution is 5.78. The Morgan fingerprint density at radius 3 is 2.17 bits per heavy atom. The van der Waals surface area contributed by atoms with Gasteiger partial charge in [0.2, 0.25) is 0 Å². The highest BCUT2D eigenvalue weighted by Crippen LogP contribution is 2.23. The molecule has 0 saturated heterocycles. The van der Waals surface area contributed by atoms with Gasteiger partial charge in [0.05, 0.1) is 6.10 Å². The zero-order valence-corrected chi connectivity index (χ0v) is 12.2. The Labute approximate surface area is 112 Å². The van der Waals surface area contributed by atoms with Crippen LogP contribution in [0.2, 0.25) is 0 Å². The maximum absolute atomic E-state index is 11.5. The van der Waals surface area contributed by atoms with E-state index < -0.39 is 6.10 Å². The molecule has 3 heteroatoms. The van der Waals surface area contributed by atoms with Crippen molar-refractivity contribution in [3.63, 3.8) is 0 Å².